The van der Waals surface area contributed by atoms with E-state index in [0.29, 0.717) is 11.7 Å². The first-order valence-corrected chi connectivity index (χ1v) is 12.6. The summed E-state index contributed by atoms with van der Waals surface area (Å²) in [5.74, 6) is 0. The number of piperidine rings is 1. The molecule has 0 bridgehead atoms. The van der Waals surface area contributed by atoms with Gasteiger partial charge < -0.3 is 14.6 Å². The molecule has 4 aromatic rings. The molecule has 0 atom stereocenters. The van der Waals surface area contributed by atoms with E-state index in [1.165, 1.54) is 5.69 Å². The van der Waals surface area contributed by atoms with Gasteiger partial charge in [-0.1, -0.05) is 24.3 Å². The molecule has 3 heterocycles. The molecule has 1 fully saturated rings. The zero-order valence-corrected chi connectivity index (χ0v) is 19.1. The summed E-state index contributed by atoms with van der Waals surface area (Å²) in [7, 11) is -3.58. The van der Waals surface area contributed by atoms with Crippen molar-refractivity contribution in [1.82, 2.24) is 14.7 Å². The zero-order chi connectivity index (χ0) is 22.7. The maximum absolute atomic E-state index is 12.5. The van der Waals surface area contributed by atoms with Crippen LogP contribution in [0.4, 0.5) is 11.4 Å². The highest BCUT2D eigenvalue weighted by Crippen LogP contribution is 2.24. The maximum atomic E-state index is 12.5. The fourth-order valence-electron chi connectivity index (χ4n) is 4.26. The quantitative estimate of drug-likeness (QED) is 0.437. The average molecular weight is 462 g/mol. The molecule has 170 valence electrons. The van der Waals surface area contributed by atoms with E-state index in [1.807, 2.05) is 54.9 Å². The summed E-state index contributed by atoms with van der Waals surface area (Å²) in [5.41, 5.74) is 3.81. The molecule has 0 saturated carbocycles. The Morgan fingerprint density at radius 2 is 1.64 bits per heavy atom. The Hall–Kier alpha value is -3.36. The second-order valence-corrected chi connectivity index (χ2v) is 9.97. The summed E-state index contributed by atoms with van der Waals surface area (Å²) < 4.78 is 29.8. The van der Waals surface area contributed by atoms with E-state index in [0.717, 1.165) is 43.8 Å². The average Bonchev–Trinajstić information content (AvgIpc) is 3.27. The Morgan fingerprint density at radius 3 is 2.39 bits per heavy atom. The zero-order valence-electron chi connectivity index (χ0n) is 18.3. The SMILES string of the molecule is O=S(=O)(Nc1ccc(N2CCC(NCc3cnc4ccccn34)CC2)cc1)c1ccccc1. The first-order valence-electron chi connectivity index (χ1n) is 11.2. The van der Waals surface area contributed by atoms with E-state index in [-0.39, 0.29) is 4.90 Å². The highest BCUT2D eigenvalue weighted by molar-refractivity contribution is 7.92. The number of hydrogen-bond donors (Lipinski definition) is 2. The molecule has 7 nitrogen and oxygen atoms in total. The lowest BCUT2D eigenvalue weighted by Crippen LogP contribution is -2.42. The maximum Gasteiger partial charge on any atom is 0.261 e. The van der Waals surface area contributed by atoms with Gasteiger partial charge in [0.15, 0.2) is 0 Å². The number of nitrogens with one attached hydrogen (secondary N) is 2. The van der Waals surface area contributed by atoms with Gasteiger partial charge in [-0.25, -0.2) is 13.4 Å². The molecule has 1 aliphatic rings. The van der Waals surface area contributed by atoms with E-state index < -0.39 is 10.0 Å². The van der Waals surface area contributed by atoms with Gasteiger partial charge in [0.05, 0.1) is 16.8 Å². The summed E-state index contributed by atoms with van der Waals surface area (Å²) in [6, 6.07) is 22.5. The van der Waals surface area contributed by atoms with Crippen molar-refractivity contribution in [3.8, 4) is 0 Å². The Labute approximate surface area is 194 Å². The fourth-order valence-corrected chi connectivity index (χ4v) is 5.34. The third-order valence-electron chi connectivity index (χ3n) is 6.10. The van der Waals surface area contributed by atoms with Gasteiger partial charge in [0, 0.05) is 43.2 Å². The van der Waals surface area contributed by atoms with Gasteiger partial charge in [-0.15, -0.1) is 0 Å². The van der Waals surface area contributed by atoms with Crippen molar-refractivity contribution < 1.29 is 8.42 Å². The van der Waals surface area contributed by atoms with E-state index in [1.54, 1.807) is 30.3 Å². The molecule has 0 aliphatic carbocycles. The lowest BCUT2D eigenvalue weighted by atomic mass is 10.0. The molecule has 5 rings (SSSR count). The third-order valence-corrected chi connectivity index (χ3v) is 7.50. The van der Waals surface area contributed by atoms with Crippen LogP contribution < -0.4 is 14.9 Å². The van der Waals surface area contributed by atoms with E-state index in [4.69, 9.17) is 0 Å². The van der Waals surface area contributed by atoms with Gasteiger partial charge in [-0.05, 0) is 61.4 Å². The van der Waals surface area contributed by atoms with Gasteiger partial charge in [0.2, 0.25) is 0 Å². The van der Waals surface area contributed by atoms with Crippen LogP contribution in [0.3, 0.4) is 0 Å². The highest BCUT2D eigenvalue weighted by atomic mass is 32.2. The Bertz CT molecular complexity index is 1310. The Kier molecular flexibility index (Phi) is 6.02. The predicted octanol–water partition coefficient (Wildman–Crippen LogP) is 3.89. The van der Waals surface area contributed by atoms with Crippen molar-refractivity contribution in [2.24, 2.45) is 0 Å². The van der Waals surface area contributed by atoms with Gasteiger partial charge in [0.1, 0.15) is 5.65 Å². The summed E-state index contributed by atoms with van der Waals surface area (Å²) in [6.45, 7) is 2.71. The Balaban J connectivity index is 1.14. The van der Waals surface area contributed by atoms with Crippen molar-refractivity contribution >= 4 is 27.0 Å². The van der Waals surface area contributed by atoms with E-state index in [9.17, 15) is 8.42 Å². The molecule has 8 heteroatoms. The molecule has 33 heavy (non-hydrogen) atoms. The molecule has 2 N–H and O–H groups in total. The molecule has 2 aromatic carbocycles. The van der Waals surface area contributed by atoms with Crippen molar-refractivity contribution in [2.75, 3.05) is 22.7 Å². The van der Waals surface area contributed by atoms with Gasteiger partial charge in [0.25, 0.3) is 10.0 Å². The highest BCUT2D eigenvalue weighted by Gasteiger charge is 2.20. The van der Waals surface area contributed by atoms with Crippen LogP contribution in [-0.2, 0) is 16.6 Å². The number of fused-ring (bicyclic) bond motifs is 1. The molecule has 0 unspecified atom stereocenters. The van der Waals surface area contributed by atoms with E-state index in [2.05, 4.69) is 24.3 Å². The number of hydrogen-bond acceptors (Lipinski definition) is 5. The van der Waals surface area contributed by atoms with Crippen LogP contribution in [-0.4, -0.2) is 36.9 Å². The van der Waals surface area contributed by atoms with Crippen LogP contribution in [0.25, 0.3) is 5.65 Å². The van der Waals surface area contributed by atoms with Gasteiger partial charge in [-0.2, -0.15) is 0 Å². The lowest BCUT2D eigenvalue weighted by Gasteiger charge is -2.34. The number of aromatic nitrogens is 2. The molecule has 2 aromatic heterocycles. The minimum atomic E-state index is -3.58. The topological polar surface area (TPSA) is 78.7 Å². The van der Waals surface area contributed by atoms with E-state index >= 15 is 0 Å². The summed E-state index contributed by atoms with van der Waals surface area (Å²) >= 11 is 0. The summed E-state index contributed by atoms with van der Waals surface area (Å²) in [6.07, 6.45) is 6.09. The van der Waals surface area contributed by atoms with Crippen LogP contribution in [0.5, 0.6) is 0 Å². The second kappa shape index (κ2) is 9.25. The van der Waals surface area contributed by atoms with Crippen LogP contribution >= 0.6 is 0 Å². The number of anilines is 2. The first kappa shape index (κ1) is 21.5. The number of sulfonamides is 1. The number of pyridine rings is 1. The van der Waals surface area contributed by atoms with Crippen LogP contribution in [0.2, 0.25) is 0 Å². The van der Waals surface area contributed by atoms with Crippen LogP contribution in [0.15, 0.2) is 90.1 Å². The number of rotatable bonds is 7. The summed E-state index contributed by atoms with van der Waals surface area (Å²) in [5, 5.41) is 3.67. The number of benzene rings is 2. The summed E-state index contributed by atoms with van der Waals surface area (Å²) in [4.78, 5) is 7.06. The minimum Gasteiger partial charge on any atom is -0.371 e. The van der Waals surface area contributed by atoms with Crippen molar-refractivity contribution in [3.63, 3.8) is 0 Å². The van der Waals surface area contributed by atoms with Gasteiger partial charge >= 0.3 is 0 Å². The lowest BCUT2D eigenvalue weighted by molar-refractivity contribution is 0.411. The number of nitrogens with zero attached hydrogens (tertiary/aromatic N) is 3. The first-order chi connectivity index (χ1) is 16.1. The monoisotopic (exact) mass is 461 g/mol. The van der Waals surface area contributed by atoms with Gasteiger partial charge in [-0.3, -0.25) is 4.72 Å². The fraction of sp³-hybridized carbons (Fsp3) is 0.240. The van der Waals surface area contributed by atoms with Crippen LogP contribution in [0, 0.1) is 0 Å². The standard InChI is InChI=1S/C25H27N5O2S/c31-33(32,24-6-2-1-3-7-24)28-21-9-11-22(12-10-21)29-16-13-20(14-17-29)26-18-23-19-27-25-8-4-5-15-30(23)25/h1-12,15,19-20,26,28H,13-14,16-18H2. The molecule has 1 aliphatic heterocycles. The molecular formula is C25H27N5O2S. The molecular weight excluding hydrogens is 434 g/mol. The number of imidazole rings is 1. The minimum absolute atomic E-state index is 0.257. The molecule has 0 radical (unpaired) electrons. The normalized spacial score (nSPS) is 15.1. The molecule has 0 spiro atoms. The smallest absolute Gasteiger partial charge is 0.261 e. The second-order valence-electron chi connectivity index (χ2n) is 8.29. The van der Waals surface area contributed by atoms with Crippen molar-refractivity contribution in [3.05, 3.63) is 90.9 Å². The van der Waals surface area contributed by atoms with Crippen molar-refractivity contribution in [2.45, 2.75) is 30.3 Å². The van der Waals surface area contributed by atoms with Crippen LogP contribution in [0.1, 0.15) is 18.5 Å². The largest absolute Gasteiger partial charge is 0.371 e. The third kappa shape index (κ3) is 4.86. The predicted molar refractivity (Wildman–Crippen MR) is 131 cm³/mol. The Morgan fingerprint density at radius 1 is 0.909 bits per heavy atom. The van der Waals surface area contributed by atoms with Crippen molar-refractivity contribution in [1.29, 1.82) is 0 Å². The molecule has 1 saturated heterocycles. The molecule has 0 amide bonds.